The number of nitriles is 1. The molecule has 2 heterocycles. The summed E-state index contributed by atoms with van der Waals surface area (Å²) < 4.78 is 5.21. The third kappa shape index (κ3) is 2.25. The van der Waals surface area contributed by atoms with E-state index in [1.165, 1.54) is 0 Å². The normalized spacial score (nSPS) is 10.5. The highest BCUT2D eigenvalue weighted by Crippen LogP contribution is 2.28. The van der Waals surface area contributed by atoms with Gasteiger partial charge in [0.05, 0.1) is 5.56 Å². The van der Waals surface area contributed by atoms with Gasteiger partial charge in [0.15, 0.2) is 0 Å². The Balaban J connectivity index is 2.00. The molecule has 0 amide bonds. The standard InChI is InChI=1S/C15H12N4O2/c1-8-3-11(4-9(2)13(8)20)14-18-15(21-19-14)12-5-10(6-16)7-17-12/h3-5,7,17,20H,1-2H3. The van der Waals surface area contributed by atoms with Gasteiger partial charge in [0.2, 0.25) is 5.82 Å². The number of aromatic amines is 1. The highest BCUT2D eigenvalue weighted by Gasteiger charge is 2.14. The lowest BCUT2D eigenvalue weighted by molar-refractivity contribution is 0.431. The molecule has 0 spiro atoms. The molecule has 1 aromatic carbocycles. The number of hydrogen-bond donors (Lipinski definition) is 2. The molecule has 3 rings (SSSR count). The molecule has 6 nitrogen and oxygen atoms in total. The van der Waals surface area contributed by atoms with Crippen molar-refractivity contribution in [2.24, 2.45) is 0 Å². The van der Waals surface area contributed by atoms with Crippen LogP contribution in [0.15, 0.2) is 28.9 Å². The Bertz CT molecular complexity index is 832. The molecule has 0 unspecified atom stereocenters. The van der Waals surface area contributed by atoms with Crippen LogP contribution in [0, 0.1) is 25.2 Å². The SMILES string of the molecule is Cc1cc(-c2noc(-c3cc(C#N)c[nH]3)n2)cc(C)c1O. The summed E-state index contributed by atoms with van der Waals surface area (Å²) in [7, 11) is 0. The van der Waals surface area contributed by atoms with Crippen LogP contribution in [0.1, 0.15) is 16.7 Å². The van der Waals surface area contributed by atoms with E-state index in [0.717, 1.165) is 16.7 Å². The number of aryl methyl sites for hydroxylation is 2. The maximum Gasteiger partial charge on any atom is 0.274 e. The van der Waals surface area contributed by atoms with Gasteiger partial charge >= 0.3 is 0 Å². The minimum Gasteiger partial charge on any atom is -0.507 e. The van der Waals surface area contributed by atoms with Crippen molar-refractivity contribution in [1.29, 1.82) is 5.26 Å². The summed E-state index contributed by atoms with van der Waals surface area (Å²) in [6, 6.07) is 7.27. The Labute approximate surface area is 120 Å². The van der Waals surface area contributed by atoms with Crippen LogP contribution in [0.5, 0.6) is 5.75 Å². The van der Waals surface area contributed by atoms with E-state index in [4.69, 9.17) is 9.78 Å². The zero-order chi connectivity index (χ0) is 15.0. The van der Waals surface area contributed by atoms with E-state index < -0.39 is 0 Å². The molecular formula is C15H12N4O2. The maximum atomic E-state index is 9.79. The van der Waals surface area contributed by atoms with Gasteiger partial charge in [-0.25, -0.2) is 0 Å². The van der Waals surface area contributed by atoms with Crippen molar-refractivity contribution < 1.29 is 9.63 Å². The number of aromatic hydroxyl groups is 1. The molecule has 6 heteroatoms. The molecule has 104 valence electrons. The smallest absolute Gasteiger partial charge is 0.274 e. The molecule has 0 bridgehead atoms. The number of nitrogens with one attached hydrogen (secondary N) is 1. The second kappa shape index (κ2) is 4.80. The number of benzene rings is 1. The Kier molecular flexibility index (Phi) is 2.95. The van der Waals surface area contributed by atoms with E-state index in [-0.39, 0.29) is 5.75 Å². The zero-order valence-corrected chi connectivity index (χ0v) is 11.5. The highest BCUT2D eigenvalue weighted by atomic mass is 16.5. The van der Waals surface area contributed by atoms with Gasteiger partial charge in [0.1, 0.15) is 17.5 Å². The lowest BCUT2D eigenvalue weighted by atomic mass is 10.1. The third-order valence-corrected chi connectivity index (χ3v) is 3.22. The summed E-state index contributed by atoms with van der Waals surface area (Å²) in [5.41, 5.74) is 3.37. The van der Waals surface area contributed by atoms with Crippen LogP contribution in [-0.4, -0.2) is 20.2 Å². The van der Waals surface area contributed by atoms with Crippen molar-refractivity contribution in [3.63, 3.8) is 0 Å². The Morgan fingerprint density at radius 1 is 1.24 bits per heavy atom. The number of H-pyrrole nitrogens is 1. The third-order valence-electron chi connectivity index (χ3n) is 3.22. The average Bonchev–Trinajstić information content (AvgIpc) is 3.12. The zero-order valence-electron chi connectivity index (χ0n) is 11.5. The molecule has 0 aliphatic carbocycles. The van der Waals surface area contributed by atoms with Crippen LogP contribution in [0.3, 0.4) is 0 Å². The summed E-state index contributed by atoms with van der Waals surface area (Å²) in [6.07, 6.45) is 1.58. The Hall–Kier alpha value is -3.07. The van der Waals surface area contributed by atoms with E-state index in [9.17, 15) is 5.11 Å². The number of phenolic OH excluding ortho intramolecular Hbond substituents is 1. The summed E-state index contributed by atoms with van der Waals surface area (Å²) in [4.78, 5) is 7.22. The summed E-state index contributed by atoms with van der Waals surface area (Å²) >= 11 is 0. The fourth-order valence-corrected chi connectivity index (χ4v) is 2.12. The van der Waals surface area contributed by atoms with Crippen molar-refractivity contribution >= 4 is 0 Å². The molecule has 0 saturated carbocycles. The molecule has 0 saturated heterocycles. The predicted molar refractivity (Wildman–Crippen MR) is 75.4 cm³/mol. The first-order valence-corrected chi connectivity index (χ1v) is 6.31. The first kappa shape index (κ1) is 12.9. The Morgan fingerprint density at radius 2 is 1.95 bits per heavy atom. The van der Waals surface area contributed by atoms with E-state index in [1.54, 1.807) is 24.4 Å². The number of aromatic nitrogens is 3. The number of hydrogen-bond acceptors (Lipinski definition) is 5. The van der Waals surface area contributed by atoms with Crippen molar-refractivity contribution in [2.45, 2.75) is 13.8 Å². The van der Waals surface area contributed by atoms with Gasteiger partial charge in [0, 0.05) is 11.8 Å². The second-order valence-corrected chi connectivity index (χ2v) is 4.80. The Morgan fingerprint density at radius 3 is 2.57 bits per heavy atom. The maximum absolute atomic E-state index is 9.79. The van der Waals surface area contributed by atoms with E-state index in [2.05, 4.69) is 15.1 Å². The van der Waals surface area contributed by atoms with E-state index in [1.807, 2.05) is 19.9 Å². The predicted octanol–water partition coefficient (Wildman–Crippen LogP) is 2.93. The molecular weight excluding hydrogens is 268 g/mol. The number of nitrogens with zero attached hydrogens (tertiary/aromatic N) is 3. The first-order valence-electron chi connectivity index (χ1n) is 6.31. The molecule has 0 radical (unpaired) electrons. The quantitative estimate of drug-likeness (QED) is 0.752. The van der Waals surface area contributed by atoms with Gasteiger partial charge in [0.25, 0.3) is 5.89 Å². The number of rotatable bonds is 2. The van der Waals surface area contributed by atoms with Gasteiger partial charge in [-0.1, -0.05) is 5.16 Å². The van der Waals surface area contributed by atoms with E-state index in [0.29, 0.717) is 23.0 Å². The van der Waals surface area contributed by atoms with Crippen LogP contribution in [-0.2, 0) is 0 Å². The van der Waals surface area contributed by atoms with Crippen LogP contribution in [0.4, 0.5) is 0 Å². The summed E-state index contributed by atoms with van der Waals surface area (Å²) in [6.45, 7) is 3.63. The fraction of sp³-hybridized carbons (Fsp3) is 0.133. The lowest BCUT2D eigenvalue weighted by Gasteiger charge is -2.04. The van der Waals surface area contributed by atoms with Gasteiger partial charge < -0.3 is 14.6 Å². The molecule has 3 aromatic rings. The van der Waals surface area contributed by atoms with Crippen LogP contribution >= 0.6 is 0 Å². The first-order chi connectivity index (χ1) is 10.1. The largest absolute Gasteiger partial charge is 0.507 e. The summed E-state index contributed by atoms with van der Waals surface area (Å²) in [5, 5.41) is 22.5. The fourth-order valence-electron chi connectivity index (χ4n) is 2.12. The molecule has 2 aromatic heterocycles. The second-order valence-electron chi connectivity index (χ2n) is 4.80. The molecule has 0 fully saturated rings. The van der Waals surface area contributed by atoms with Crippen LogP contribution in [0.2, 0.25) is 0 Å². The average molecular weight is 280 g/mol. The van der Waals surface area contributed by atoms with Gasteiger partial charge in [-0.3, -0.25) is 0 Å². The van der Waals surface area contributed by atoms with Crippen molar-refractivity contribution in [1.82, 2.24) is 15.1 Å². The topological polar surface area (TPSA) is 98.7 Å². The molecule has 0 aliphatic rings. The summed E-state index contributed by atoms with van der Waals surface area (Å²) in [5.74, 6) is 1.02. The number of phenols is 1. The lowest BCUT2D eigenvalue weighted by Crippen LogP contribution is -1.86. The van der Waals surface area contributed by atoms with Crippen molar-refractivity contribution in [2.75, 3.05) is 0 Å². The van der Waals surface area contributed by atoms with Gasteiger partial charge in [-0.15, -0.1) is 0 Å². The highest BCUT2D eigenvalue weighted by molar-refractivity contribution is 5.63. The minimum absolute atomic E-state index is 0.269. The molecule has 21 heavy (non-hydrogen) atoms. The van der Waals surface area contributed by atoms with Crippen LogP contribution < -0.4 is 0 Å². The van der Waals surface area contributed by atoms with Crippen LogP contribution in [0.25, 0.3) is 23.0 Å². The molecule has 0 aliphatic heterocycles. The van der Waals surface area contributed by atoms with E-state index >= 15 is 0 Å². The molecule has 2 N–H and O–H groups in total. The van der Waals surface area contributed by atoms with Crippen molar-refractivity contribution in [3.05, 3.63) is 41.1 Å². The monoisotopic (exact) mass is 280 g/mol. The van der Waals surface area contributed by atoms with Crippen molar-refractivity contribution in [3.8, 4) is 34.8 Å². The van der Waals surface area contributed by atoms with Gasteiger partial charge in [-0.05, 0) is 43.2 Å². The molecule has 0 atom stereocenters. The van der Waals surface area contributed by atoms with Gasteiger partial charge in [-0.2, -0.15) is 10.2 Å². The minimum atomic E-state index is 0.269.